The molecule has 0 saturated carbocycles. The van der Waals surface area contributed by atoms with Gasteiger partial charge in [0.1, 0.15) is 0 Å². The van der Waals surface area contributed by atoms with Gasteiger partial charge in [0.25, 0.3) is 6.71 Å². The van der Waals surface area contributed by atoms with Gasteiger partial charge in [0.05, 0.1) is 57.0 Å². The molecule has 0 saturated heterocycles. The van der Waals surface area contributed by atoms with E-state index in [-0.39, 0.29) is 0 Å². The van der Waals surface area contributed by atoms with Crippen LogP contribution in [0.25, 0.3) is 92.2 Å². The maximum atomic E-state index is 10.4. The fraction of sp³-hybridized carbons (Fsp3) is 0. The zero-order valence-corrected chi connectivity index (χ0v) is 58.7. The molecule has 0 aliphatic carbocycles. The minimum atomic E-state index is -0.420. The molecule has 0 amide bonds. The highest BCUT2D eigenvalue weighted by Gasteiger charge is 2.48. The molecule has 20 rings (SSSR count). The average Bonchev–Trinajstić information content (AvgIpc) is 1.63. The Morgan fingerprint density at radius 1 is 0.308 bits per heavy atom. The summed E-state index contributed by atoms with van der Waals surface area (Å²) in [5.41, 5.74) is 28.3. The van der Waals surface area contributed by atoms with Crippen LogP contribution in [0.1, 0.15) is 11.1 Å². The monoisotopic (exact) mass is 1380 g/mol. The van der Waals surface area contributed by atoms with E-state index in [1.54, 1.807) is 0 Å². The van der Waals surface area contributed by atoms with E-state index in [0.29, 0.717) is 11.1 Å². The van der Waals surface area contributed by atoms with Crippen LogP contribution < -0.4 is 36.0 Å². The third kappa shape index (κ3) is 10.3. The first kappa shape index (κ1) is 62.6. The SMILES string of the molecule is N#Cc1ccc(N(c2ccccc2)c2ccc3c(c2)N(c2c(-c4ccccc4)cccc2-c2ccccc2)c2cc(-n4c5ccccc5c5ccccc54)cc4c2B3c2c(cc(N(c3ccccc3)c3ccc(C#N)cc3)c3c2sc2ccccc23)N4c2c(-c3ccccc3)cccc2-c2ccccc2)cc1. The van der Waals surface area contributed by atoms with Crippen LogP contribution in [0.4, 0.5) is 68.2 Å². The van der Waals surface area contributed by atoms with Crippen LogP contribution in [0, 0.1) is 22.7 Å². The molecule has 0 radical (unpaired) electrons. The number of rotatable bonds is 13. The van der Waals surface area contributed by atoms with Crippen LogP contribution in [0.2, 0.25) is 0 Å². The average molecular weight is 1380 g/mol. The molecular weight excluding hydrogens is 1320 g/mol. The summed E-state index contributed by atoms with van der Waals surface area (Å²) in [4.78, 5) is 10.0. The number of benzene rings is 16. The molecule has 0 fully saturated rings. The zero-order valence-electron chi connectivity index (χ0n) is 57.9. The summed E-state index contributed by atoms with van der Waals surface area (Å²) in [6.45, 7) is -0.420. The number of nitrogens with zero attached hydrogens (tertiary/aromatic N) is 7. The van der Waals surface area contributed by atoms with Gasteiger partial charge < -0.3 is 24.2 Å². The predicted octanol–water partition coefficient (Wildman–Crippen LogP) is 24.6. The molecule has 7 nitrogen and oxygen atoms in total. The topological polar surface area (TPSA) is 65.5 Å². The summed E-state index contributed by atoms with van der Waals surface area (Å²) in [5.74, 6) is 0. The van der Waals surface area contributed by atoms with Gasteiger partial charge in [-0.1, -0.05) is 255 Å². The van der Waals surface area contributed by atoms with Gasteiger partial charge in [0.2, 0.25) is 0 Å². The lowest BCUT2D eigenvalue weighted by Gasteiger charge is -2.46. The number of nitriles is 2. The molecule has 0 N–H and O–H groups in total. The third-order valence-corrected chi connectivity index (χ3v) is 22.6. The van der Waals surface area contributed by atoms with E-state index in [1.165, 1.54) is 5.46 Å². The maximum Gasteiger partial charge on any atom is 0.254 e. The number of fused-ring (bicyclic) bond motifs is 11. The summed E-state index contributed by atoms with van der Waals surface area (Å²) in [6, 6.07) is 141. The highest BCUT2D eigenvalue weighted by atomic mass is 32.1. The van der Waals surface area contributed by atoms with Crippen LogP contribution >= 0.6 is 11.3 Å². The number of hydrogen-bond acceptors (Lipinski definition) is 7. The van der Waals surface area contributed by atoms with Gasteiger partial charge in [0, 0.05) is 104 Å². The Kier molecular flexibility index (Phi) is 15.2. The molecule has 0 spiro atoms. The number of thiophene rings is 1. The molecule has 0 unspecified atom stereocenters. The molecule has 4 heterocycles. The van der Waals surface area contributed by atoms with Crippen molar-refractivity contribution in [1.82, 2.24) is 4.57 Å². The van der Waals surface area contributed by atoms with Crippen LogP contribution in [0.3, 0.4) is 0 Å². The molecule has 9 heteroatoms. The fourth-order valence-corrected chi connectivity index (χ4v) is 18.1. The molecule has 107 heavy (non-hydrogen) atoms. The Bertz CT molecular complexity index is 6410. The largest absolute Gasteiger partial charge is 0.310 e. The number of aromatic nitrogens is 1. The number of anilines is 12. The van der Waals surface area contributed by atoms with Crippen LogP contribution in [0.15, 0.2) is 376 Å². The quantitative estimate of drug-likeness (QED) is 0.107. The van der Waals surface area contributed by atoms with Crippen molar-refractivity contribution < 1.29 is 0 Å². The van der Waals surface area contributed by atoms with Crippen molar-refractivity contribution >= 4 is 145 Å². The Labute approximate surface area is 624 Å². The Hall–Kier alpha value is -14.2. The predicted molar refractivity (Wildman–Crippen MR) is 448 cm³/mol. The molecule has 2 aliphatic heterocycles. The summed E-state index contributed by atoms with van der Waals surface area (Å²) >= 11 is 1.86. The highest BCUT2D eigenvalue weighted by molar-refractivity contribution is 7.28. The van der Waals surface area contributed by atoms with Crippen molar-refractivity contribution in [2.24, 2.45) is 0 Å². The molecule has 0 bridgehead atoms. The summed E-state index contributed by atoms with van der Waals surface area (Å²) < 4.78 is 4.82. The smallest absolute Gasteiger partial charge is 0.254 e. The van der Waals surface area contributed by atoms with Gasteiger partial charge in [-0.25, -0.2) is 0 Å². The molecule has 18 aromatic rings. The summed E-state index contributed by atoms with van der Waals surface area (Å²) in [6.07, 6.45) is 0. The molecule has 2 aromatic heterocycles. The first-order valence-electron chi connectivity index (χ1n) is 36.1. The Morgan fingerprint density at radius 3 is 1.17 bits per heavy atom. The molecule has 16 aromatic carbocycles. The van der Waals surface area contributed by atoms with Gasteiger partial charge in [-0.05, 0) is 160 Å². The molecule has 498 valence electrons. The molecule has 0 atom stereocenters. The lowest BCUT2D eigenvalue weighted by atomic mass is 9.33. The summed E-state index contributed by atoms with van der Waals surface area (Å²) in [5, 5.41) is 25.3. The van der Waals surface area contributed by atoms with Crippen molar-refractivity contribution in [3.8, 4) is 62.3 Å². The van der Waals surface area contributed by atoms with E-state index in [2.05, 4.69) is 388 Å². The van der Waals surface area contributed by atoms with Crippen LogP contribution in [-0.2, 0) is 0 Å². The van der Waals surface area contributed by atoms with Gasteiger partial charge in [0.15, 0.2) is 0 Å². The van der Waals surface area contributed by atoms with Crippen molar-refractivity contribution in [2.75, 3.05) is 19.6 Å². The maximum absolute atomic E-state index is 10.4. The Morgan fingerprint density at radius 2 is 0.692 bits per heavy atom. The van der Waals surface area contributed by atoms with E-state index in [4.69, 9.17) is 0 Å². The summed E-state index contributed by atoms with van der Waals surface area (Å²) in [7, 11) is 0. The van der Waals surface area contributed by atoms with Gasteiger partial charge in [-0.2, -0.15) is 10.5 Å². The van der Waals surface area contributed by atoms with E-state index < -0.39 is 6.71 Å². The first-order valence-corrected chi connectivity index (χ1v) is 36.9. The Balaban J connectivity index is 1.02. The van der Waals surface area contributed by atoms with Gasteiger partial charge in [-0.3, -0.25) is 0 Å². The normalized spacial score (nSPS) is 12.0. The van der Waals surface area contributed by atoms with Gasteiger partial charge in [-0.15, -0.1) is 11.3 Å². The zero-order chi connectivity index (χ0) is 71.1. The standard InChI is InChI=1S/C98H62BN7S/c100-63-65-49-53-73(54-50-65)102(71-35-15-5-16-36-71)75-57-58-84-87(59-75)105(96-77(67-27-7-1-8-28-67)42-25-43-78(96)68-29-9-2-10-30-68)89-60-76(104-85-46-22-19-39-81(85)82-40-20-23-47-86(82)104)61-90-94(89)99(84)95-91(106(90)97-79(69-31-11-3-12-32-69)44-26-45-80(97)70-33-13-4-14-34-70)62-88(93-83-41-21-24-48-92(83)107-98(93)95)103(72-37-17-6-18-38-72)74-55-51-66(64-101)52-56-74/h1-62H. The van der Waals surface area contributed by atoms with E-state index in [1.807, 2.05) is 35.6 Å². The second-order valence-electron chi connectivity index (χ2n) is 27.3. The number of hydrogen-bond donors (Lipinski definition) is 0. The minimum absolute atomic E-state index is 0.420. The van der Waals surface area contributed by atoms with Crippen molar-refractivity contribution in [3.63, 3.8) is 0 Å². The second-order valence-corrected chi connectivity index (χ2v) is 28.3. The van der Waals surface area contributed by atoms with E-state index in [0.717, 1.165) is 171 Å². The number of para-hydroxylation sites is 6. The molecule has 2 aliphatic rings. The van der Waals surface area contributed by atoms with E-state index >= 15 is 0 Å². The third-order valence-electron chi connectivity index (χ3n) is 21.4. The van der Waals surface area contributed by atoms with Crippen LogP contribution in [0.5, 0.6) is 0 Å². The second kappa shape index (κ2) is 25.9. The minimum Gasteiger partial charge on any atom is -0.310 e. The van der Waals surface area contributed by atoms with Crippen molar-refractivity contribution in [3.05, 3.63) is 387 Å². The highest BCUT2D eigenvalue weighted by Crippen LogP contribution is 2.57. The fourth-order valence-electron chi connectivity index (χ4n) is 16.8. The van der Waals surface area contributed by atoms with Crippen LogP contribution in [-0.4, -0.2) is 11.3 Å². The van der Waals surface area contributed by atoms with Crippen molar-refractivity contribution in [1.29, 1.82) is 10.5 Å². The van der Waals surface area contributed by atoms with Crippen molar-refractivity contribution in [2.45, 2.75) is 0 Å². The lowest BCUT2D eigenvalue weighted by Crippen LogP contribution is -2.61. The molecular formula is C98H62BN7S. The first-order chi connectivity index (χ1) is 53.0. The van der Waals surface area contributed by atoms with E-state index in [9.17, 15) is 10.5 Å². The van der Waals surface area contributed by atoms with Gasteiger partial charge >= 0.3 is 0 Å². The lowest BCUT2D eigenvalue weighted by molar-refractivity contribution is 1.16.